The molecule has 0 aromatic carbocycles. The predicted molar refractivity (Wildman–Crippen MR) is 78.9 cm³/mol. The van der Waals surface area contributed by atoms with Crippen LogP contribution < -0.4 is 0 Å². The lowest BCUT2D eigenvalue weighted by atomic mass is 10.1. The van der Waals surface area contributed by atoms with E-state index in [4.69, 9.17) is 12.2 Å². The van der Waals surface area contributed by atoms with Gasteiger partial charge in [0.15, 0.2) is 5.82 Å². The molecular formula is C13H14BrN3S. The quantitative estimate of drug-likeness (QED) is 0.862. The smallest absolute Gasteiger partial charge is 0.157 e. The number of nitrogens with zero attached hydrogens (tertiary/aromatic N) is 2. The lowest BCUT2D eigenvalue weighted by molar-refractivity contribution is 0.632. The van der Waals surface area contributed by atoms with Crippen molar-refractivity contribution in [2.24, 2.45) is 5.92 Å². The Kier molecular flexibility index (Phi) is 4.24. The van der Waals surface area contributed by atoms with Crippen LogP contribution in [0.3, 0.4) is 0 Å². The minimum absolute atomic E-state index is 0.547. The molecular weight excluding hydrogens is 310 g/mol. The lowest BCUT2D eigenvalue weighted by Gasteiger charge is -2.10. The van der Waals surface area contributed by atoms with E-state index in [-0.39, 0.29) is 0 Å². The van der Waals surface area contributed by atoms with Crippen LogP contribution in [0.4, 0.5) is 0 Å². The molecule has 0 aliphatic rings. The van der Waals surface area contributed by atoms with Crippen molar-refractivity contribution in [3.63, 3.8) is 0 Å². The summed E-state index contributed by atoms with van der Waals surface area (Å²) in [6, 6.07) is 5.73. The SMILES string of the molecule is CC(C)Cc1[nH]c(-c2ccccn2)nc(=S)c1Br. The third-order valence-electron chi connectivity index (χ3n) is 2.46. The molecule has 2 aromatic rings. The summed E-state index contributed by atoms with van der Waals surface area (Å²) < 4.78 is 1.45. The van der Waals surface area contributed by atoms with Gasteiger partial charge in [-0.2, -0.15) is 0 Å². The van der Waals surface area contributed by atoms with Crippen molar-refractivity contribution >= 4 is 28.1 Å². The fourth-order valence-electron chi connectivity index (χ4n) is 1.68. The molecule has 0 spiro atoms. The zero-order valence-corrected chi connectivity index (χ0v) is 12.7. The molecule has 0 atom stereocenters. The van der Waals surface area contributed by atoms with E-state index in [0.29, 0.717) is 10.6 Å². The van der Waals surface area contributed by atoms with Crippen molar-refractivity contribution in [1.82, 2.24) is 15.0 Å². The van der Waals surface area contributed by atoms with Gasteiger partial charge in [0.2, 0.25) is 0 Å². The predicted octanol–water partition coefficient (Wildman–Crippen LogP) is 4.16. The highest BCUT2D eigenvalue weighted by molar-refractivity contribution is 9.10. The fourth-order valence-corrected chi connectivity index (χ4v) is 2.24. The van der Waals surface area contributed by atoms with Gasteiger partial charge < -0.3 is 4.98 Å². The summed E-state index contributed by atoms with van der Waals surface area (Å²) in [5, 5.41) is 0. The topological polar surface area (TPSA) is 41.6 Å². The number of aromatic amines is 1. The molecule has 0 aliphatic heterocycles. The molecule has 0 saturated carbocycles. The second kappa shape index (κ2) is 5.71. The number of aromatic nitrogens is 3. The van der Waals surface area contributed by atoms with E-state index in [1.807, 2.05) is 18.2 Å². The van der Waals surface area contributed by atoms with E-state index in [2.05, 4.69) is 44.7 Å². The van der Waals surface area contributed by atoms with Gasteiger partial charge in [-0.25, -0.2) is 4.98 Å². The Balaban J connectivity index is 2.51. The van der Waals surface area contributed by atoms with Crippen LogP contribution >= 0.6 is 28.1 Å². The molecule has 0 amide bonds. The molecule has 0 radical (unpaired) electrons. The monoisotopic (exact) mass is 323 g/mol. The number of rotatable bonds is 3. The highest BCUT2D eigenvalue weighted by Crippen LogP contribution is 2.22. The number of H-pyrrole nitrogens is 1. The van der Waals surface area contributed by atoms with Crippen molar-refractivity contribution < 1.29 is 0 Å². The Morgan fingerprint density at radius 1 is 1.39 bits per heavy atom. The summed E-state index contributed by atoms with van der Waals surface area (Å²) in [4.78, 5) is 12.0. The average Bonchev–Trinajstić information content (AvgIpc) is 2.35. The van der Waals surface area contributed by atoms with Crippen LogP contribution in [0.2, 0.25) is 0 Å². The van der Waals surface area contributed by atoms with E-state index in [0.717, 1.165) is 28.1 Å². The standard InChI is InChI=1S/C13H14BrN3S/c1-8(2)7-10-11(14)13(18)17-12(16-10)9-5-3-4-6-15-9/h3-6,8H,7H2,1-2H3,(H,16,17,18). The van der Waals surface area contributed by atoms with Crippen molar-refractivity contribution in [1.29, 1.82) is 0 Å². The molecule has 2 rings (SSSR count). The van der Waals surface area contributed by atoms with Gasteiger partial charge in [0.05, 0.1) is 4.47 Å². The molecule has 0 bridgehead atoms. The maximum absolute atomic E-state index is 5.28. The maximum atomic E-state index is 5.28. The van der Waals surface area contributed by atoms with E-state index in [9.17, 15) is 0 Å². The molecule has 18 heavy (non-hydrogen) atoms. The summed E-state index contributed by atoms with van der Waals surface area (Å²) in [5.74, 6) is 1.27. The van der Waals surface area contributed by atoms with Gasteiger partial charge >= 0.3 is 0 Å². The Morgan fingerprint density at radius 2 is 2.17 bits per heavy atom. The van der Waals surface area contributed by atoms with E-state index < -0.39 is 0 Å². The molecule has 94 valence electrons. The number of hydrogen-bond donors (Lipinski definition) is 1. The fraction of sp³-hybridized carbons (Fsp3) is 0.308. The summed E-state index contributed by atoms with van der Waals surface area (Å²) in [6.45, 7) is 4.34. The minimum atomic E-state index is 0.547. The molecule has 2 aromatic heterocycles. The van der Waals surface area contributed by atoms with E-state index in [1.54, 1.807) is 6.20 Å². The third-order valence-corrected chi connectivity index (χ3v) is 3.87. The molecule has 1 N–H and O–H groups in total. The highest BCUT2D eigenvalue weighted by atomic mass is 79.9. The number of hydrogen-bond acceptors (Lipinski definition) is 3. The second-order valence-corrected chi connectivity index (χ2v) is 5.68. The molecule has 5 heteroatoms. The zero-order chi connectivity index (χ0) is 13.1. The Bertz CT molecular complexity index is 593. The van der Waals surface area contributed by atoms with Gasteiger partial charge in [0.1, 0.15) is 10.3 Å². The zero-order valence-electron chi connectivity index (χ0n) is 10.3. The minimum Gasteiger partial charge on any atom is -0.341 e. The van der Waals surface area contributed by atoms with Gasteiger partial charge in [-0.3, -0.25) is 4.98 Å². The first-order chi connectivity index (χ1) is 8.58. The van der Waals surface area contributed by atoms with Crippen LogP contribution in [0.1, 0.15) is 19.5 Å². The second-order valence-electron chi connectivity index (χ2n) is 4.50. The van der Waals surface area contributed by atoms with Crippen molar-refractivity contribution in [2.45, 2.75) is 20.3 Å². The first-order valence-corrected chi connectivity index (χ1v) is 6.98. The first-order valence-electron chi connectivity index (χ1n) is 5.78. The molecule has 0 fully saturated rings. The normalized spacial score (nSPS) is 10.9. The summed E-state index contributed by atoms with van der Waals surface area (Å²) in [7, 11) is 0. The molecule has 3 nitrogen and oxygen atoms in total. The molecule has 0 aliphatic carbocycles. The van der Waals surface area contributed by atoms with Crippen molar-refractivity contribution in [3.8, 4) is 11.5 Å². The third kappa shape index (κ3) is 3.03. The maximum Gasteiger partial charge on any atom is 0.157 e. The number of pyridine rings is 1. The molecule has 0 unspecified atom stereocenters. The summed E-state index contributed by atoms with van der Waals surface area (Å²) >= 11 is 8.77. The van der Waals surface area contributed by atoms with Gasteiger partial charge in [0.25, 0.3) is 0 Å². The average molecular weight is 324 g/mol. The van der Waals surface area contributed by atoms with Crippen LogP contribution in [0.5, 0.6) is 0 Å². The van der Waals surface area contributed by atoms with E-state index in [1.165, 1.54) is 0 Å². The lowest BCUT2D eigenvalue weighted by Crippen LogP contribution is -2.03. The summed E-state index contributed by atoms with van der Waals surface area (Å²) in [6.07, 6.45) is 2.67. The Labute approximate surface area is 120 Å². The first kappa shape index (κ1) is 13.4. The molecule has 2 heterocycles. The highest BCUT2D eigenvalue weighted by Gasteiger charge is 2.09. The number of halogens is 1. The van der Waals surface area contributed by atoms with Gasteiger partial charge in [-0.15, -0.1) is 0 Å². The van der Waals surface area contributed by atoms with Crippen molar-refractivity contribution in [2.75, 3.05) is 0 Å². The van der Waals surface area contributed by atoms with Gasteiger partial charge in [-0.05, 0) is 40.4 Å². The Morgan fingerprint density at radius 3 is 2.78 bits per heavy atom. The van der Waals surface area contributed by atoms with Crippen LogP contribution in [-0.4, -0.2) is 15.0 Å². The summed E-state index contributed by atoms with van der Waals surface area (Å²) in [5.41, 5.74) is 1.88. The largest absolute Gasteiger partial charge is 0.341 e. The van der Waals surface area contributed by atoms with Crippen LogP contribution in [0.25, 0.3) is 11.5 Å². The number of nitrogens with one attached hydrogen (secondary N) is 1. The van der Waals surface area contributed by atoms with Crippen molar-refractivity contribution in [3.05, 3.63) is 39.2 Å². The van der Waals surface area contributed by atoms with Gasteiger partial charge in [0, 0.05) is 11.9 Å². The van der Waals surface area contributed by atoms with Crippen LogP contribution in [0, 0.1) is 10.6 Å². The molecule has 0 saturated heterocycles. The van der Waals surface area contributed by atoms with Crippen LogP contribution in [0.15, 0.2) is 28.9 Å². The Hall–Kier alpha value is -1.07. The van der Waals surface area contributed by atoms with Gasteiger partial charge in [-0.1, -0.05) is 32.1 Å². The van der Waals surface area contributed by atoms with Crippen LogP contribution in [-0.2, 0) is 6.42 Å². The van der Waals surface area contributed by atoms with E-state index >= 15 is 0 Å².